The lowest BCUT2D eigenvalue weighted by Crippen LogP contribution is -2.04. The Morgan fingerprint density at radius 1 is 1.31 bits per heavy atom. The van der Waals surface area contributed by atoms with Crippen LogP contribution in [0.3, 0.4) is 0 Å². The van der Waals surface area contributed by atoms with E-state index >= 15 is 0 Å². The van der Waals surface area contributed by atoms with E-state index in [1.165, 1.54) is 25.7 Å². The standard InChI is InChI=1S/C9H15N3O/c10-5-7-8(12-9(13)11-7)6-3-1-2-4-6/h6H,1-5,10H2,(H2,11,12,13). The summed E-state index contributed by atoms with van der Waals surface area (Å²) in [5.74, 6) is 0.525. The van der Waals surface area contributed by atoms with Crippen molar-refractivity contribution in [3.05, 3.63) is 21.9 Å². The summed E-state index contributed by atoms with van der Waals surface area (Å²) < 4.78 is 0. The molecule has 0 radical (unpaired) electrons. The van der Waals surface area contributed by atoms with Crippen LogP contribution in [0, 0.1) is 0 Å². The summed E-state index contributed by atoms with van der Waals surface area (Å²) in [7, 11) is 0. The third-order valence-corrected chi connectivity index (χ3v) is 2.81. The first-order chi connectivity index (χ1) is 6.31. The molecule has 1 fully saturated rings. The molecule has 1 aliphatic rings. The minimum atomic E-state index is -0.123. The molecule has 0 spiro atoms. The molecule has 1 saturated carbocycles. The first kappa shape index (κ1) is 8.56. The second-order valence-electron chi connectivity index (χ2n) is 3.66. The van der Waals surface area contributed by atoms with E-state index in [1.807, 2.05) is 0 Å². The molecule has 1 aromatic rings. The number of imidazole rings is 1. The van der Waals surface area contributed by atoms with Gasteiger partial charge in [0.05, 0.1) is 5.69 Å². The highest BCUT2D eigenvalue weighted by molar-refractivity contribution is 5.17. The second kappa shape index (κ2) is 3.38. The van der Waals surface area contributed by atoms with Gasteiger partial charge in [0.25, 0.3) is 0 Å². The van der Waals surface area contributed by atoms with Gasteiger partial charge in [-0.2, -0.15) is 0 Å². The maximum absolute atomic E-state index is 11.1. The predicted octanol–water partition coefficient (Wildman–Crippen LogP) is 0.819. The lowest BCUT2D eigenvalue weighted by molar-refractivity contribution is 0.689. The average Bonchev–Trinajstić information content (AvgIpc) is 2.71. The lowest BCUT2D eigenvalue weighted by Gasteiger charge is -2.07. The first-order valence-corrected chi connectivity index (χ1v) is 4.82. The molecule has 2 rings (SSSR count). The Hall–Kier alpha value is -1.03. The quantitative estimate of drug-likeness (QED) is 0.631. The summed E-state index contributed by atoms with van der Waals surface area (Å²) in [4.78, 5) is 16.6. The molecule has 0 unspecified atom stereocenters. The van der Waals surface area contributed by atoms with Gasteiger partial charge >= 0.3 is 5.69 Å². The molecule has 0 amide bonds. The van der Waals surface area contributed by atoms with E-state index < -0.39 is 0 Å². The highest BCUT2D eigenvalue weighted by Crippen LogP contribution is 2.33. The Kier molecular flexibility index (Phi) is 2.22. The Morgan fingerprint density at radius 3 is 2.62 bits per heavy atom. The van der Waals surface area contributed by atoms with Gasteiger partial charge in [-0.25, -0.2) is 4.79 Å². The number of rotatable bonds is 2. The van der Waals surface area contributed by atoms with Crippen LogP contribution in [0.4, 0.5) is 0 Å². The number of aromatic nitrogens is 2. The molecular formula is C9H15N3O. The molecule has 1 heterocycles. The molecule has 0 saturated heterocycles. The van der Waals surface area contributed by atoms with Crippen molar-refractivity contribution in [1.82, 2.24) is 9.97 Å². The number of H-pyrrole nitrogens is 2. The molecule has 13 heavy (non-hydrogen) atoms. The van der Waals surface area contributed by atoms with Crippen LogP contribution in [0.25, 0.3) is 0 Å². The molecule has 1 aliphatic carbocycles. The van der Waals surface area contributed by atoms with E-state index in [-0.39, 0.29) is 5.69 Å². The van der Waals surface area contributed by atoms with Crippen LogP contribution in [0.15, 0.2) is 4.79 Å². The molecule has 4 heteroatoms. The van der Waals surface area contributed by atoms with E-state index in [0.717, 1.165) is 11.4 Å². The molecule has 0 atom stereocenters. The van der Waals surface area contributed by atoms with Crippen molar-refractivity contribution >= 4 is 0 Å². The molecule has 0 bridgehead atoms. The van der Waals surface area contributed by atoms with E-state index in [0.29, 0.717) is 12.5 Å². The van der Waals surface area contributed by atoms with E-state index in [2.05, 4.69) is 9.97 Å². The van der Waals surface area contributed by atoms with Gasteiger partial charge in [0, 0.05) is 18.2 Å². The zero-order valence-corrected chi connectivity index (χ0v) is 7.60. The fraction of sp³-hybridized carbons (Fsp3) is 0.667. The lowest BCUT2D eigenvalue weighted by atomic mass is 10.0. The summed E-state index contributed by atoms with van der Waals surface area (Å²) >= 11 is 0. The van der Waals surface area contributed by atoms with Crippen molar-refractivity contribution in [2.24, 2.45) is 5.73 Å². The van der Waals surface area contributed by atoms with E-state index in [4.69, 9.17) is 5.73 Å². The SMILES string of the molecule is NCc1[nH]c(=O)[nH]c1C1CCCC1. The maximum atomic E-state index is 11.1. The number of aromatic amines is 2. The molecular weight excluding hydrogens is 166 g/mol. The predicted molar refractivity (Wildman–Crippen MR) is 50.5 cm³/mol. The van der Waals surface area contributed by atoms with Crippen molar-refractivity contribution in [3.8, 4) is 0 Å². The minimum Gasteiger partial charge on any atom is -0.325 e. The van der Waals surface area contributed by atoms with Gasteiger partial charge in [0.15, 0.2) is 0 Å². The number of nitrogens with one attached hydrogen (secondary N) is 2. The van der Waals surface area contributed by atoms with Crippen LogP contribution in [-0.4, -0.2) is 9.97 Å². The van der Waals surface area contributed by atoms with Gasteiger partial charge in [-0.15, -0.1) is 0 Å². The fourth-order valence-electron chi connectivity index (χ4n) is 2.16. The summed E-state index contributed by atoms with van der Waals surface area (Å²) in [6.07, 6.45) is 4.89. The van der Waals surface area contributed by atoms with Crippen molar-refractivity contribution in [3.63, 3.8) is 0 Å². The largest absolute Gasteiger partial charge is 0.325 e. The Labute approximate surface area is 76.5 Å². The molecule has 4 nitrogen and oxygen atoms in total. The van der Waals surface area contributed by atoms with Crippen molar-refractivity contribution < 1.29 is 0 Å². The zero-order chi connectivity index (χ0) is 9.26. The van der Waals surface area contributed by atoms with Crippen LogP contribution in [0.2, 0.25) is 0 Å². The highest BCUT2D eigenvalue weighted by Gasteiger charge is 2.21. The molecule has 1 aromatic heterocycles. The third kappa shape index (κ3) is 1.54. The normalized spacial score (nSPS) is 18.2. The average molecular weight is 181 g/mol. The fourth-order valence-corrected chi connectivity index (χ4v) is 2.16. The van der Waals surface area contributed by atoms with Gasteiger partial charge in [-0.05, 0) is 12.8 Å². The van der Waals surface area contributed by atoms with Gasteiger partial charge in [0.2, 0.25) is 0 Å². The second-order valence-corrected chi connectivity index (χ2v) is 3.66. The van der Waals surface area contributed by atoms with Crippen molar-refractivity contribution in [1.29, 1.82) is 0 Å². The summed E-state index contributed by atoms with van der Waals surface area (Å²) in [6.45, 7) is 0.421. The number of hydrogen-bond donors (Lipinski definition) is 3. The topological polar surface area (TPSA) is 74.7 Å². The van der Waals surface area contributed by atoms with Crippen LogP contribution >= 0.6 is 0 Å². The smallest absolute Gasteiger partial charge is 0.323 e. The van der Waals surface area contributed by atoms with Crippen LogP contribution in [0.1, 0.15) is 43.0 Å². The zero-order valence-electron chi connectivity index (χ0n) is 7.60. The Bertz CT molecular complexity index is 333. The molecule has 0 aliphatic heterocycles. The molecule has 72 valence electrons. The van der Waals surface area contributed by atoms with Gasteiger partial charge < -0.3 is 15.7 Å². The highest BCUT2D eigenvalue weighted by atomic mass is 16.1. The Morgan fingerprint density at radius 2 is 2.00 bits per heavy atom. The van der Waals surface area contributed by atoms with Gasteiger partial charge in [0.1, 0.15) is 0 Å². The van der Waals surface area contributed by atoms with Crippen LogP contribution in [0.5, 0.6) is 0 Å². The van der Waals surface area contributed by atoms with Crippen LogP contribution < -0.4 is 11.4 Å². The Balaban J connectivity index is 2.31. The summed E-state index contributed by atoms with van der Waals surface area (Å²) in [6, 6.07) is 0. The van der Waals surface area contributed by atoms with E-state index in [9.17, 15) is 4.79 Å². The van der Waals surface area contributed by atoms with Gasteiger partial charge in [-0.1, -0.05) is 12.8 Å². The third-order valence-electron chi connectivity index (χ3n) is 2.81. The van der Waals surface area contributed by atoms with E-state index in [1.54, 1.807) is 0 Å². The van der Waals surface area contributed by atoms with Crippen molar-refractivity contribution in [2.45, 2.75) is 38.1 Å². The molecule has 4 N–H and O–H groups in total. The summed E-state index contributed by atoms with van der Waals surface area (Å²) in [5.41, 5.74) is 7.35. The maximum Gasteiger partial charge on any atom is 0.323 e. The number of hydrogen-bond acceptors (Lipinski definition) is 2. The minimum absolute atomic E-state index is 0.123. The van der Waals surface area contributed by atoms with Crippen LogP contribution in [-0.2, 0) is 6.54 Å². The summed E-state index contributed by atoms with van der Waals surface area (Å²) in [5, 5.41) is 0. The van der Waals surface area contributed by atoms with Gasteiger partial charge in [-0.3, -0.25) is 0 Å². The van der Waals surface area contributed by atoms with Crippen molar-refractivity contribution in [2.75, 3.05) is 0 Å². The monoisotopic (exact) mass is 181 g/mol. The molecule has 0 aromatic carbocycles. The number of nitrogens with two attached hydrogens (primary N) is 1. The first-order valence-electron chi connectivity index (χ1n) is 4.82.